The van der Waals surface area contributed by atoms with Crippen molar-refractivity contribution in [1.29, 1.82) is 0 Å². The molecule has 162 valence electrons. The zero-order chi connectivity index (χ0) is 21.1. The molecule has 4 rings (SSSR count). The maximum atomic E-state index is 13.5. The molecule has 0 radical (unpaired) electrons. The van der Waals surface area contributed by atoms with Crippen molar-refractivity contribution in [2.24, 2.45) is 18.7 Å². The molecule has 0 bridgehead atoms. The maximum Gasteiger partial charge on any atom is 0.272 e. The summed E-state index contributed by atoms with van der Waals surface area (Å²) in [7, 11) is 1.83. The highest BCUT2D eigenvalue weighted by Gasteiger charge is 2.32. The van der Waals surface area contributed by atoms with E-state index in [1.54, 1.807) is 29.2 Å². The molecule has 2 aromatic rings. The van der Waals surface area contributed by atoms with Crippen LogP contribution >= 0.6 is 0 Å². The number of carbonyl (C=O) groups excluding carboxylic acids is 1. The fourth-order valence-corrected chi connectivity index (χ4v) is 4.72. The summed E-state index contributed by atoms with van der Waals surface area (Å²) in [6.45, 7) is 1.86. The molecule has 1 saturated heterocycles. The number of hydrogen-bond acceptors (Lipinski definition) is 4. The predicted octanol–water partition coefficient (Wildman–Crippen LogP) is 3.09. The third-order valence-corrected chi connectivity index (χ3v) is 6.66. The highest BCUT2D eigenvalue weighted by atomic mass is 19.1. The molecule has 2 fully saturated rings. The Bertz CT molecular complexity index is 862. The monoisotopic (exact) mass is 414 g/mol. The second kappa shape index (κ2) is 9.27. The van der Waals surface area contributed by atoms with E-state index in [1.807, 2.05) is 18.0 Å². The van der Waals surface area contributed by atoms with Gasteiger partial charge in [-0.1, -0.05) is 12.1 Å². The molecule has 6 nitrogen and oxygen atoms in total. The molecule has 2 heterocycles. The van der Waals surface area contributed by atoms with Crippen molar-refractivity contribution in [3.63, 3.8) is 0 Å². The molecule has 2 aliphatic rings. The van der Waals surface area contributed by atoms with Crippen molar-refractivity contribution < 1.29 is 13.9 Å². The van der Waals surface area contributed by atoms with Gasteiger partial charge in [0.25, 0.3) is 5.91 Å². The highest BCUT2D eigenvalue weighted by molar-refractivity contribution is 5.92. The summed E-state index contributed by atoms with van der Waals surface area (Å²) in [5.41, 5.74) is 8.03. The Morgan fingerprint density at radius 2 is 2.07 bits per heavy atom. The molecule has 1 aromatic carbocycles. The number of nitrogens with zero attached hydrogens (tertiary/aromatic N) is 3. The van der Waals surface area contributed by atoms with E-state index in [1.165, 1.54) is 6.07 Å². The number of benzene rings is 1. The SMILES string of the molecule is Cn1cncc1C(=O)N1CCC(N)C(COC2CCC(c3cccc(F)c3)CC2)C1. The van der Waals surface area contributed by atoms with Crippen molar-refractivity contribution >= 4 is 5.91 Å². The number of carbonyl (C=O) groups is 1. The molecular formula is C23H31FN4O2. The third kappa shape index (κ3) is 4.73. The zero-order valence-corrected chi connectivity index (χ0v) is 17.5. The van der Waals surface area contributed by atoms with Crippen LogP contribution in [0.5, 0.6) is 0 Å². The molecule has 30 heavy (non-hydrogen) atoms. The number of nitrogens with two attached hydrogens (primary N) is 1. The Labute approximate surface area is 177 Å². The minimum Gasteiger partial charge on any atom is -0.378 e. The van der Waals surface area contributed by atoms with Crippen LogP contribution in [0.2, 0.25) is 0 Å². The predicted molar refractivity (Wildman–Crippen MR) is 113 cm³/mol. The van der Waals surface area contributed by atoms with E-state index in [0.717, 1.165) is 37.7 Å². The lowest BCUT2D eigenvalue weighted by atomic mass is 9.82. The van der Waals surface area contributed by atoms with E-state index >= 15 is 0 Å². The summed E-state index contributed by atoms with van der Waals surface area (Å²) in [5.74, 6) is 0.381. The summed E-state index contributed by atoms with van der Waals surface area (Å²) >= 11 is 0. The number of aryl methyl sites for hydroxylation is 1. The lowest BCUT2D eigenvalue weighted by molar-refractivity contribution is -0.0136. The van der Waals surface area contributed by atoms with Crippen LogP contribution in [0.4, 0.5) is 4.39 Å². The summed E-state index contributed by atoms with van der Waals surface area (Å²) in [5, 5.41) is 0. The standard InChI is InChI=1S/C23H31FN4O2/c1-27-15-26-12-22(27)23(29)28-10-9-21(25)18(13-28)14-30-20-7-5-16(6-8-20)17-3-2-4-19(24)11-17/h2-4,11-12,15-16,18,20-21H,5-10,13-14,25H2,1H3. The molecule has 2 atom stereocenters. The Hall–Kier alpha value is -2.25. The summed E-state index contributed by atoms with van der Waals surface area (Å²) in [6, 6.07) is 7.00. The first-order valence-electron chi connectivity index (χ1n) is 10.9. The lowest BCUT2D eigenvalue weighted by Crippen LogP contribution is -2.51. The molecule has 1 aliphatic heterocycles. The topological polar surface area (TPSA) is 73.4 Å². The third-order valence-electron chi connectivity index (χ3n) is 6.66. The number of hydrogen-bond donors (Lipinski definition) is 1. The van der Waals surface area contributed by atoms with E-state index < -0.39 is 0 Å². The van der Waals surface area contributed by atoms with E-state index in [-0.39, 0.29) is 29.8 Å². The second-order valence-electron chi connectivity index (χ2n) is 8.72. The van der Waals surface area contributed by atoms with Crippen LogP contribution in [-0.4, -0.2) is 52.2 Å². The van der Waals surface area contributed by atoms with Crippen LogP contribution < -0.4 is 5.73 Å². The highest BCUT2D eigenvalue weighted by Crippen LogP contribution is 2.34. The Morgan fingerprint density at radius 1 is 1.27 bits per heavy atom. The van der Waals surface area contributed by atoms with E-state index in [0.29, 0.717) is 31.3 Å². The second-order valence-corrected chi connectivity index (χ2v) is 8.72. The van der Waals surface area contributed by atoms with Gasteiger partial charge in [0.05, 0.1) is 25.2 Å². The number of rotatable bonds is 5. The fraction of sp³-hybridized carbons (Fsp3) is 0.565. The van der Waals surface area contributed by atoms with E-state index in [4.69, 9.17) is 10.5 Å². The van der Waals surface area contributed by atoms with Gasteiger partial charge in [0.2, 0.25) is 0 Å². The molecule has 1 amide bonds. The molecule has 2 N–H and O–H groups in total. The van der Waals surface area contributed by atoms with E-state index in [9.17, 15) is 9.18 Å². The first-order chi connectivity index (χ1) is 14.5. The van der Waals surface area contributed by atoms with Gasteiger partial charge in [-0.3, -0.25) is 4.79 Å². The number of halogens is 1. The van der Waals surface area contributed by atoms with Gasteiger partial charge in [0.15, 0.2) is 0 Å². The van der Waals surface area contributed by atoms with Gasteiger partial charge in [0.1, 0.15) is 11.5 Å². The zero-order valence-electron chi connectivity index (χ0n) is 17.5. The van der Waals surface area contributed by atoms with Gasteiger partial charge in [-0.25, -0.2) is 9.37 Å². The average Bonchev–Trinajstić information content (AvgIpc) is 3.19. The summed E-state index contributed by atoms with van der Waals surface area (Å²) < 4.78 is 21.5. The van der Waals surface area contributed by atoms with Gasteiger partial charge in [-0.2, -0.15) is 0 Å². The van der Waals surface area contributed by atoms with Crippen molar-refractivity contribution in [2.45, 2.75) is 50.2 Å². The Morgan fingerprint density at radius 3 is 2.77 bits per heavy atom. The number of amides is 1. The molecule has 2 unspecified atom stereocenters. The first kappa shape index (κ1) is 21.0. The lowest BCUT2D eigenvalue weighted by Gasteiger charge is -2.38. The van der Waals surface area contributed by atoms with Gasteiger partial charge in [0, 0.05) is 32.1 Å². The summed E-state index contributed by atoms with van der Waals surface area (Å²) in [4.78, 5) is 18.7. The quantitative estimate of drug-likeness (QED) is 0.816. The Balaban J connectivity index is 1.27. The Kier molecular flexibility index (Phi) is 6.49. The van der Waals surface area contributed by atoms with Crippen LogP contribution in [0.15, 0.2) is 36.8 Å². The molecule has 0 spiro atoms. The normalized spacial score (nSPS) is 27.2. The van der Waals surface area contributed by atoms with Gasteiger partial charge >= 0.3 is 0 Å². The fourth-order valence-electron chi connectivity index (χ4n) is 4.72. The molecule has 1 aromatic heterocycles. The van der Waals surface area contributed by atoms with Crippen molar-refractivity contribution in [2.75, 3.05) is 19.7 Å². The summed E-state index contributed by atoms with van der Waals surface area (Å²) in [6.07, 6.45) is 8.21. The van der Waals surface area contributed by atoms with Crippen LogP contribution in [0.25, 0.3) is 0 Å². The van der Waals surface area contributed by atoms with Crippen LogP contribution in [0, 0.1) is 11.7 Å². The number of aromatic nitrogens is 2. The minimum absolute atomic E-state index is 0.00232. The number of ether oxygens (including phenoxy) is 1. The van der Waals surface area contributed by atoms with Gasteiger partial charge < -0.3 is 19.9 Å². The molecule has 1 saturated carbocycles. The van der Waals surface area contributed by atoms with Crippen LogP contribution in [-0.2, 0) is 11.8 Å². The number of imidazole rings is 1. The van der Waals surface area contributed by atoms with Crippen LogP contribution in [0.3, 0.4) is 0 Å². The molecule has 7 heteroatoms. The molecule has 1 aliphatic carbocycles. The average molecular weight is 415 g/mol. The van der Waals surface area contributed by atoms with Crippen molar-refractivity contribution in [3.05, 3.63) is 53.9 Å². The minimum atomic E-state index is -0.164. The van der Waals surface area contributed by atoms with Crippen molar-refractivity contribution in [3.8, 4) is 0 Å². The largest absolute Gasteiger partial charge is 0.378 e. The maximum absolute atomic E-state index is 13.5. The van der Waals surface area contributed by atoms with Crippen molar-refractivity contribution in [1.82, 2.24) is 14.5 Å². The number of likely N-dealkylation sites (tertiary alicyclic amines) is 1. The smallest absolute Gasteiger partial charge is 0.272 e. The first-order valence-corrected chi connectivity index (χ1v) is 10.9. The molecular weight excluding hydrogens is 383 g/mol. The van der Waals surface area contributed by atoms with Gasteiger partial charge in [-0.05, 0) is 55.7 Å². The van der Waals surface area contributed by atoms with Crippen LogP contribution in [0.1, 0.15) is 54.1 Å². The van der Waals surface area contributed by atoms with Gasteiger partial charge in [-0.15, -0.1) is 0 Å². The van der Waals surface area contributed by atoms with E-state index in [2.05, 4.69) is 4.98 Å². The number of piperidine rings is 1.